The van der Waals surface area contributed by atoms with E-state index in [1.54, 1.807) is 17.4 Å². The van der Waals surface area contributed by atoms with Crippen molar-refractivity contribution in [2.75, 3.05) is 10.6 Å². The second kappa shape index (κ2) is 5.45. The number of rotatable bonds is 4. The first-order valence-electron chi connectivity index (χ1n) is 6.12. The Morgan fingerprint density at radius 3 is 2.90 bits per heavy atom. The first-order chi connectivity index (χ1) is 10.0. The Hall–Kier alpha value is -1.93. The number of hydrogen-bond donors (Lipinski definition) is 2. The molecule has 1 aliphatic rings. The van der Waals surface area contributed by atoms with E-state index in [4.69, 9.17) is 0 Å². The Bertz CT molecular complexity index is 744. The fourth-order valence-electron chi connectivity index (χ4n) is 2.18. The van der Waals surface area contributed by atoms with Gasteiger partial charge in [0.05, 0.1) is 15.1 Å². The maximum absolute atomic E-state index is 11.4. The number of benzene rings is 1. The van der Waals surface area contributed by atoms with Crippen LogP contribution in [-0.4, -0.2) is 10.8 Å². The van der Waals surface area contributed by atoms with Gasteiger partial charge in [-0.15, -0.1) is 11.3 Å². The summed E-state index contributed by atoms with van der Waals surface area (Å²) in [6.07, 6.45) is 0.189. The molecule has 1 amide bonds. The topological polar surface area (TPSA) is 84.3 Å². The van der Waals surface area contributed by atoms with Gasteiger partial charge in [0.15, 0.2) is 0 Å². The molecule has 0 saturated heterocycles. The van der Waals surface area contributed by atoms with Crippen molar-refractivity contribution < 1.29 is 9.72 Å². The zero-order chi connectivity index (χ0) is 15.0. The first kappa shape index (κ1) is 14.0. The quantitative estimate of drug-likeness (QED) is 0.639. The summed E-state index contributed by atoms with van der Waals surface area (Å²) in [5, 5.41) is 16.9. The van der Waals surface area contributed by atoms with E-state index in [0.29, 0.717) is 23.5 Å². The molecule has 1 aliphatic heterocycles. The Kier molecular flexibility index (Phi) is 3.64. The van der Waals surface area contributed by atoms with Crippen LogP contribution in [0.1, 0.15) is 10.4 Å². The van der Waals surface area contributed by atoms with Crippen molar-refractivity contribution >= 4 is 50.2 Å². The summed E-state index contributed by atoms with van der Waals surface area (Å²) in [5.41, 5.74) is 1.70. The van der Waals surface area contributed by atoms with E-state index in [-0.39, 0.29) is 18.0 Å². The van der Waals surface area contributed by atoms with Gasteiger partial charge in [0.1, 0.15) is 5.69 Å². The molecule has 2 aromatic rings. The van der Waals surface area contributed by atoms with Crippen molar-refractivity contribution in [2.45, 2.75) is 13.0 Å². The highest BCUT2D eigenvalue weighted by atomic mass is 79.9. The number of fused-ring (bicyclic) bond motifs is 1. The molecule has 0 bridgehead atoms. The van der Waals surface area contributed by atoms with E-state index in [1.165, 1.54) is 6.07 Å². The van der Waals surface area contributed by atoms with Crippen LogP contribution < -0.4 is 10.6 Å². The number of carbonyl (C=O) groups excluding carboxylic acids is 1. The SMILES string of the molecule is O=C1Cc2cc([N+](=O)[O-])c(NCc3ccc(Br)s3)cc2N1. The summed E-state index contributed by atoms with van der Waals surface area (Å²) in [7, 11) is 0. The highest BCUT2D eigenvalue weighted by Crippen LogP contribution is 2.35. The van der Waals surface area contributed by atoms with Crippen LogP contribution >= 0.6 is 27.3 Å². The monoisotopic (exact) mass is 367 g/mol. The predicted molar refractivity (Wildman–Crippen MR) is 84.8 cm³/mol. The average molecular weight is 368 g/mol. The summed E-state index contributed by atoms with van der Waals surface area (Å²) in [6, 6.07) is 6.96. The number of nitrogens with zero attached hydrogens (tertiary/aromatic N) is 1. The van der Waals surface area contributed by atoms with Crippen molar-refractivity contribution in [3.63, 3.8) is 0 Å². The van der Waals surface area contributed by atoms with E-state index < -0.39 is 4.92 Å². The number of thiophene rings is 1. The standard InChI is InChI=1S/C13H10BrN3O3S/c14-12-2-1-8(21-12)6-15-10-5-9-7(4-13(18)16-9)3-11(10)17(19)20/h1-3,5,15H,4,6H2,(H,16,18). The van der Waals surface area contributed by atoms with Crippen LogP contribution in [0.3, 0.4) is 0 Å². The molecule has 108 valence electrons. The largest absolute Gasteiger partial charge is 0.375 e. The fraction of sp³-hybridized carbons (Fsp3) is 0.154. The predicted octanol–water partition coefficient (Wildman–Crippen LogP) is 3.53. The van der Waals surface area contributed by atoms with Crippen LogP contribution in [0.2, 0.25) is 0 Å². The molecule has 1 aromatic heterocycles. The lowest BCUT2D eigenvalue weighted by Crippen LogP contribution is -2.04. The van der Waals surface area contributed by atoms with Gasteiger partial charge in [-0.05, 0) is 39.7 Å². The zero-order valence-corrected chi connectivity index (χ0v) is 13.1. The third-order valence-electron chi connectivity index (χ3n) is 3.13. The van der Waals surface area contributed by atoms with Crippen molar-refractivity contribution in [2.24, 2.45) is 0 Å². The van der Waals surface area contributed by atoms with Crippen LogP contribution in [0.25, 0.3) is 0 Å². The highest BCUT2D eigenvalue weighted by Gasteiger charge is 2.24. The van der Waals surface area contributed by atoms with Crippen molar-refractivity contribution in [1.82, 2.24) is 0 Å². The number of amides is 1. The van der Waals surface area contributed by atoms with Gasteiger partial charge in [-0.1, -0.05) is 0 Å². The first-order valence-corrected chi connectivity index (χ1v) is 7.73. The zero-order valence-electron chi connectivity index (χ0n) is 10.7. The summed E-state index contributed by atoms with van der Waals surface area (Å²) in [4.78, 5) is 23.2. The minimum Gasteiger partial charge on any atom is -0.375 e. The second-order valence-corrected chi connectivity index (χ2v) is 7.12. The third-order valence-corrected chi connectivity index (χ3v) is 4.75. The van der Waals surface area contributed by atoms with E-state index in [9.17, 15) is 14.9 Å². The van der Waals surface area contributed by atoms with Crippen LogP contribution in [0.15, 0.2) is 28.1 Å². The normalized spacial score (nSPS) is 12.9. The molecule has 8 heteroatoms. The number of nitro benzene ring substituents is 1. The Balaban J connectivity index is 1.88. The maximum atomic E-state index is 11.4. The van der Waals surface area contributed by atoms with Crippen molar-refractivity contribution in [3.05, 3.63) is 48.6 Å². The molecule has 0 aliphatic carbocycles. The number of hydrogen-bond acceptors (Lipinski definition) is 5. The molecule has 3 rings (SSSR count). The van der Waals surface area contributed by atoms with Crippen molar-refractivity contribution in [3.8, 4) is 0 Å². The fourth-order valence-corrected chi connectivity index (χ4v) is 3.61. The number of nitro groups is 1. The molecule has 2 heterocycles. The summed E-state index contributed by atoms with van der Waals surface area (Å²) >= 11 is 4.94. The Morgan fingerprint density at radius 1 is 1.43 bits per heavy atom. The minimum absolute atomic E-state index is 0.0131. The van der Waals surface area contributed by atoms with Gasteiger partial charge in [-0.25, -0.2) is 0 Å². The molecule has 0 spiro atoms. The summed E-state index contributed by atoms with van der Waals surface area (Å²) < 4.78 is 1.01. The summed E-state index contributed by atoms with van der Waals surface area (Å²) in [5.74, 6) is -0.140. The lowest BCUT2D eigenvalue weighted by molar-refractivity contribution is -0.384. The van der Waals surface area contributed by atoms with E-state index in [1.807, 2.05) is 12.1 Å². The van der Waals surface area contributed by atoms with Gasteiger partial charge in [0.2, 0.25) is 5.91 Å². The second-order valence-electron chi connectivity index (χ2n) is 4.57. The Labute approximate surface area is 132 Å². The molecule has 21 heavy (non-hydrogen) atoms. The van der Waals surface area contributed by atoms with Gasteiger partial charge in [-0.2, -0.15) is 0 Å². The molecule has 0 fully saturated rings. The lowest BCUT2D eigenvalue weighted by Gasteiger charge is -2.08. The molecule has 0 radical (unpaired) electrons. The van der Waals surface area contributed by atoms with Crippen LogP contribution in [0.5, 0.6) is 0 Å². The van der Waals surface area contributed by atoms with Gasteiger partial charge in [0.25, 0.3) is 5.69 Å². The van der Waals surface area contributed by atoms with E-state index >= 15 is 0 Å². The smallest absolute Gasteiger partial charge is 0.292 e. The molecule has 0 saturated carbocycles. The maximum Gasteiger partial charge on any atom is 0.292 e. The van der Waals surface area contributed by atoms with E-state index in [0.717, 1.165) is 8.66 Å². The van der Waals surface area contributed by atoms with Crippen LogP contribution in [0.4, 0.5) is 17.1 Å². The third kappa shape index (κ3) is 2.91. The number of anilines is 2. The molecule has 0 unspecified atom stereocenters. The average Bonchev–Trinajstić information content (AvgIpc) is 2.99. The van der Waals surface area contributed by atoms with Crippen molar-refractivity contribution in [1.29, 1.82) is 0 Å². The van der Waals surface area contributed by atoms with Gasteiger partial charge >= 0.3 is 0 Å². The minimum atomic E-state index is -0.435. The lowest BCUT2D eigenvalue weighted by atomic mass is 10.1. The molecule has 6 nitrogen and oxygen atoms in total. The van der Waals surface area contributed by atoms with Gasteiger partial charge < -0.3 is 10.6 Å². The molecular formula is C13H10BrN3O3S. The number of nitrogens with one attached hydrogen (secondary N) is 2. The van der Waals surface area contributed by atoms with Gasteiger partial charge in [0, 0.05) is 23.2 Å². The number of halogens is 1. The van der Waals surface area contributed by atoms with Crippen LogP contribution in [0, 0.1) is 10.1 Å². The van der Waals surface area contributed by atoms with Crippen LogP contribution in [-0.2, 0) is 17.8 Å². The molecule has 2 N–H and O–H groups in total. The summed E-state index contributed by atoms with van der Waals surface area (Å²) in [6.45, 7) is 0.490. The highest BCUT2D eigenvalue weighted by molar-refractivity contribution is 9.11. The molecule has 1 aromatic carbocycles. The van der Waals surface area contributed by atoms with Gasteiger partial charge in [-0.3, -0.25) is 14.9 Å². The molecule has 0 atom stereocenters. The van der Waals surface area contributed by atoms with E-state index in [2.05, 4.69) is 26.6 Å². The number of carbonyl (C=O) groups is 1. The Morgan fingerprint density at radius 2 is 2.24 bits per heavy atom. The molecular weight excluding hydrogens is 358 g/mol.